The Balaban J connectivity index is 2.05. The van der Waals surface area contributed by atoms with Crippen LogP contribution in [0.5, 0.6) is 5.88 Å². The molecule has 0 radical (unpaired) electrons. The Morgan fingerprint density at radius 2 is 1.90 bits per heavy atom. The van der Waals surface area contributed by atoms with E-state index in [1.807, 2.05) is 0 Å². The smallest absolute Gasteiger partial charge is 0.253 e. The normalized spacial score (nSPS) is 10.6. The number of nitrogens with zero attached hydrogens (tertiary/aromatic N) is 4. The first kappa shape index (κ1) is 14.5. The molecule has 0 aliphatic rings. The first-order valence-corrected chi connectivity index (χ1v) is 6.42. The van der Waals surface area contributed by atoms with Crippen LogP contribution in [-0.4, -0.2) is 31.2 Å². The van der Waals surface area contributed by atoms with Gasteiger partial charge in [-0.2, -0.15) is 15.0 Å². The molecule has 0 bridgehead atoms. The number of hydrogen-bond donors (Lipinski definition) is 2. The molecule has 7 nitrogen and oxygen atoms in total. The predicted molar refractivity (Wildman–Crippen MR) is 75.4 cm³/mol. The molecule has 0 saturated carbocycles. The third-order valence-corrected chi connectivity index (χ3v) is 2.79. The fraction of sp³-hybridized carbons (Fsp3) is 0.273. The predicted octanol–water partition coefficient (Wildman–Crippen LogP) is 1.47. The summed E-state index contributed by atoms with van der Waals surface area (Å²) in [4.78, 5) is 23.0. The van der Waals surface area contributed by atoms with Crippen LogP contribution in [0.15, 0.2) is 16.9 Å². The molecule has 0 saturated heterocycles. The number of aryl methyl sites for hydroxylation is 1. The summed E-state index contributed by atoms with van der Waals surface area (Å²) in [5, 5.41) is 12.5. The van der Waals surface area contributed by atoms with Gasteiger partial charge in [0.2, 0.25) is 16.5 Å². The molecule has 2 N–H and O–H groups in total. The van der Waals surface area contributed by atoms with E-state index in [0.29, 0.717) is 12.1 Å². The molecule has 2 heterocycles. The molecule has 0 aliphatic heterocycles. The largest absolute Gasteiger partial charge is 0.494 e. The van der Waals surface area contributed by atoms with Crippen molar-refractivity contribution in [1.29, 1.82) is 0 Å². The van der Waals surface area contributed by atoms with Crippen molar-refractivity contribution in [3.05, 3.63) is 38.6 Å². The van der Waals surface area contributed by atoms with Gasteiger partial charge in [-0.05, 0) is 35.7 Å². The van der Waals surface area contributed by atoms with Gasteiger partial charge in [0.15, 0.2) is 5.88 Å². The van der Waals surface area contributed by atoms with Crippen LogP contribution >= 0.6 is 23.2 Å². The summed E-state index contributed by atoms with van der Waals surface area (Å²) < 4.78 is 1.23. The number of aromatic hydroxyl groups is 1. The Morgan fingerprint density at radius 1 is 1.25 bits per heavy atom. The molecule has 0 aliphatic carbocycles. The van der Waals surface area contributed by atoms with E-state index in [9.17, 15) is 9.90 Å². The lowest BCUT2D eigenvalue weighted by Gasteiger charge is -2.09. The number of halogens is 2. The van der Waals surface area contributed by atoms with Gasteiger partial charge in [-0.15, -0.1) is 0 Å². The van der Waals surface area contributed by atoms with Crippen LogP contribution in [-0.2, 0) is 6.54 Å². The van der Waals surface area contributed by atoms with Gasteiger partial charge in [0.1, 0.15) is 0 Å². The number of rotatable bonds is 4. The minimum absolute atomic E-state index is 0.0251. The van der Waals surface area contributed by atoms with Crippen LogP contribution in [0.25, 0.3) is 0 Å². The Hall–Kier alpha value is -1.86. The average molecular weight is 316 g/mol. The average Bonchev–Trinajstić information content (AvgIpc) is 2.31. The van der Waals surface area contributed by atoms with E-state index >= 15 is 0 Å². The highest BCUT2D eigenvalue weighted by Crippen LogP contribution is 2.10. The van der Waals surface area contributed by atoms with Gasteiger partial charge < -0.3 is 10.4 Å². The Morgan fingerprint density at radius 3 is 2.50 bits per heavy atom. The highest BCUT2D eigenvalue weighted by molar-refractivity contribution is 6.31. The van der Waals surface area contributed by atoms with Crippen LogP contribution in [0.2, 0.25) is 10.6 Å². The minimum atomic E-state index is -0.281. The highest BCUT2D eigenvalue weighted by atomic mass is 35.5. The topological polar surface area (TPSA) is 92.9 Å². The van der Waals surface area contributed by atoms with Gasteiger partial charge in [-0.3, -0.25) is 9.36 Å². The monoisotopic (exact) mass is 315 g/mol. The van der Waals surface area contributed by atoms with Gasteiger partial charge in [-0.25, -0.2) is 0 Å². The Bertz CT molecular complexity index is 669. The minimum Gasteiger partial charge on any atom is -0.494 e. The second kappa shape index (κ2) is 6.06. The third kappa shape index (κ3) is 3.58. The van der Waals surface area contributed by atoms with Crippen molar-refractivity contribution < 1.29 is 5.11 Å². The maximum absolute atomic E-state index is 11.7. The molecule has 20 heavy (non-hydrogen) atoms. The van der Waals surface area contributed by atoms with Crippen molar-refractivity contribution in [2.24, 2.45) is 0 Å². The van der Waals surface area contributed by atoms with Crippen molar-refractivity contribution in [1.82, 2.24) is 19.5 Å². The molecule has 0 amide bonds. The summed E-state index contributed by atoms with van der Waals surface area (Å²) in [5.41, 5.74) is 0.420. The highest BCUT2D eigenvalue weighted by Gasteiger charge is 2.05. The van der Waals surface area contributed by atoms with Gasteiger partial charge in [0.05, 0.1) is 0 Å². The van der Waals surface area contributed by atoms with E-state index in [4.69, 9.17) is 23.2 Å². The Labute approximate surface area is 124 Å². The summed E-state index contributed by atoms with van der Waals surface area (Å²) in [6.07, 6.45) is 0. The number of anilines is 1. The molecule has 0 spiro atoms. The summed E-state index contributed by atoms with van der Waals surface area (Å²) in [6, 6.07) is 2.95. The van der Waals surface area contributed by atoms with E-state index in [2.05, 4.69) is 20.3 Å². The SMILES string of the molecule is Cc1cc(O)n(CCNc2nc(Cl)nc(Cl)n2)c(=O)c1. The molecule has 0 atom stereocenters. The molecule has 0 aromatic carbocycles. The van der Waals surface area contributed by atoms with Gasteiger partial charge >= 0.3 is 0 Å². The zero-order chi connectivity index (χ0) is 14.7. The lowest BCUT2D eigenvalue weighted by Crippen LogP contribution is -2.23. The number of aromatic nitrogens is 4. The van der Waals surface area contributed by atoms with E-state index in [1.165, 1.54) is 16.7 Å². The van der Waals surface area contributed by atoms with Crippen LogP contribution < -0.4 is 10.9 Å². The van der Waals surface area contributed by atoms with Crippen LogP contribution in [0.1, 0.15) is 5.56 Å². The van der Waals surface area contributed by atoms with E-state index in [0.717, 1.165) is 0 Å². The van der Waals surface area contributed by atoms with Gasteiger partial charge in [0.25, 0.3) is 5.56 Å². The fourth-order valence-corrected chi connectivity index (χ4v) is 1.98. The maximum Gasteiger partial charge on any atom is 0.253 e. The zero-order valence-electron chi connectivity index (χ0n) is 10.5. The quantitative estimate of drug-likeness (QED) is 0.887. The van der Waals surface area contributed by atoms with Crippen LogP contribution in [0, 0.1) is 6.92 Å². The molecule has 2 rings (SSSR count). The van der Waals surface area contributed by atoms with Crippen molar-refractivity contribution >= 4 is 29.2 Å². The zero-order valence-corrected chi connectivity index (χ0v) is 12.0. The summed E-state index contributed by atoms with van der Waals surface area (Å²) in [6.45, 7) is 2.29. The Kier molecular flexibility index (Phi) is 4.41. The number of hydrogen-bond acceptors (Lipinski definition) is 6. The standard InChI is InChI=1S/C11H11Cl2N5O2/c1-6-4-7(19)18(8(20)5-6)3-2-14-11-16-9(12)15-10(13)17-11/h4-5,19H,2-3H2,1H3,(H,14,15,16,17). The fourth-order valence-electron chi connectivity index (χ4n) is 1.62. The van der Waals surface area contributed by atoms with Gasteiger partial charge in [-0.1, -0.05) is 0 Å². The molecule has 9 heteroatoms. The van der Waals surface area contributed by atoms with Crippen molar-refractivity contribution in [3.63, 3.8) is 0 Å². The van der Waals surface area contributed by atoms with E-state index in [1.54, 1.807) is 6.92 Å². The second-order valence-corrected chi connectivity index (χ2v) is 4.68. The molecule has 2 aromatic rings. The molecule has 0 fully saturated rings. The summed E-state index contributed by atoms with van der Waals surface area (Å²) in [7, 11) is 0. The number of nitrogens with one attached hydrogen (secondary N) is 1. The van der Waals surface area contributed by atoms with Crippen LogP contribution in [0.4, 0.5) is 5.95 Å². The van der Waals surface area contributed by atoms with Gasteiger partial charge in [0, 0.05) is 25.2 Å². The number of pyridine rings is 1. The lowest BCUT2D eigenvalue weighted by atomic mass is 10.3. The van der Waals surface area contributed by atoms with E-state index in [-0.39, 0.29) is 34.5 Å². The van der Waals surface area contributed by atoms with Crippen molar-refractivity contribution in [2.75, 3.05) is 11.9 Å². The third-order valence-electron chi connectivity index (χ3n) is 2.45. The molecule has 2 aromatic heterocycles. The molecular formula is C11H11Cl2N5O2. The van der Waals surface area contributed by atoms with Crippen molar-refractivity contribution in [3.8, 4) is 5.88 Å². The molecule has 106 valence electrons. The first-order chi connectivity index (χ1) is 9.45. The van der Waals surface area contributed by atoms with E-state index < -0.39 is 0 Å². The summed E-state index contributed by atoms with van der Waals surface area (Å²) >= 11 is 11.3. The molecular weight excluding hydrogens is 305 g/mol. The second-order valence-electron chi connectivity index (χ2n) is 4.00. The van der Waals surface area contributed by atoms with Crippen LogP contribution in [0.3, 0.4) is 0 Å². The summed E-state index contributed by atoms with van der Waals surface area (Å²) in [5.74, 6) is 0.109. The van der Waals surface area contributed by atoms with Crippen molar-refractivity contribution in [2.45, 2.75) is 13.5 Å². The maximum atomic E-state index is 11.7. The first-order valence-electron chi connectivity index (χ1n) is 5.67. The lowest BCUT2D eigenvalue weighted by molar-refractivity contribution is 0.408. The molecule has 0 unspecified atom stereocenters.